The van der Waals surface area contributed by atoms with Gasteiger partial charge in [-0.15, -0.1) is 0 Å². The van der Waals surface area contributed by atoms with Crippen molar-refractivity contribution >= 4 is 34.8 Å². The lowest BCUT2D eigenvalue weighted by molar-refractivity contribution is 0.777. The van der Waals surface area contributed by atoms with E-state index in [1.807, 2.05) is 24.4 Å². The number of nitrogens with zero attached hydrogens (tertiary/aromatic N) is 1. The Morgan fingerprint density at radius 2 is 1.75 bits per heavy atom. The fraction of sp³-hybridized carbons (Fsp3) is 0.167. The molecule has 0 aliphatic carbocycles. The van der Waals surface area contributed by atoms with E-state index in [1.165, 1.54) is 0 Å². The number of benzene rings is 1. The van der Waals surface area contributed by atoms with Crippen molar-refractivity contribution in [3.05, 3.63) is 45.5 Å². The van der Waals surface area contributed by atoms with Crippen molar-refractivity contribution < 1.29 is 0 Å². The van der Waals surface area contributed by atoms with E-state index >= 15 is 0 Å². The molecule has 2 rings (SSSR count). The highest BCUT2D eigenvalue weighted by atomic mass is 35.5. The largest absolute Gasteiger partial charge is 0.347 e. The number of aryl methyl sites for hydroxylation is 1. The molecular formula is C12H10Cl3N. The average Bonchev–Trinajstić information content (AvgIpc) is 2.64. The SMILES string of the molecule is CCn1ccc(Cl)c1-c1ccc(Cl)c(Cl)c1. The molecule has 2 aromatic rings. The summed E-state index contributed by atoms with van der Waals surface area (Å²) in [4.78, 5) is 0. The summed E-state index contributed by atoms with van der Waals surface area (Å²) in [6, 6.07) is 7.41. The van der Waals surface area contributed by atoms with Crippen LogP contribution in [0.3, 0.4) is 0 Å². The van der Waals surface area contributed by atoms with Crippen molar-refractivity contribution in [3.8, 4) is 11.3 Å². The van der Waals surface area contributed by atoms with Crippen molar-refractivity contribution in [2.75, 3.05) is 0 Å². The summed E-state index contributed by atoms with van der Waals surface area (Å²) >= 11 is 18.0. The highest BCUT2D eigenvalue weighted by Gasteiger charge is 2.10. The van der Waals surface area contributed by atoms with Crippen LogP contribution in [0.5, 0.6) is 0 Å². The third-order valence-electron chi connectivity index (χ3n) is 2.45. The Bertz CT molecular complexity index is 517. The first kappa shape index (κ1) is 11.8. The molecule has 16 heavy (non-hydrogen) atoms. The van der Waals surface area contributed by atoms with Crippen LogP contribution >= 0.6 is 34.8 Å². The Morgan fingerprint density at radius 3 is 2.38 bits per heavy atom. The molecule has 0 saturated heterocycles. The van der Waals surface area contributed by atoms with Crippen LogP contribution in [0.4, 0.5) is 0 Å². The Kier molecular flexibility index (Phi) is 3.48. The van der Waals surface area contributed by atoms with Crippen LogP contribution in [0, 0.1) is 0 Å². The van der Waals surface area contributed by atoms with Crippen LogP contribution in [-0.2, 0) is 6.54 Å². The van der Waals surface area contributed by atoms with Crippen molar-refractivity contribution in [2.24, 2.45) is 0 Å². The van der Waals surface area contributed by atoms with E-state index < -0.39 is 0 Å². The number of aromatic nitrogens is 1. The molecule has 84 valence electrons. The van der Waals surface area contributed by atoms with Gasteiger partial charge in [-0.2, -0.15) is 0 Å². The molecule has 0 aliphatic rings. The Morgan fingerprint density at radius 1 is 1.00 bits per heavy atom. The van der Waals surface area contributed by atoms with E-state index in [1.54, 1.807) is 6.07 Å². The molecule has 0 aliphatic heterocycles. The van der Waals surface area contributed by atoms with Gasteiger partial charge in [-0.05, 0) is 25.1 Å². The third-order valence-corrected chi connectivity index (χ3v) is 3.49. The molecule has 0 bridgehead atoms. The van der Waals surface area contributed by atoms with E-state index in [0.717, 1.165) is 22.8 Å². The van der Waals surface area contributed by atoms with Gasteiger partial charge in [-0.1, -0.05) is 40.9 Å². The standard InChI is InChI=1S/C12H10Cl3N/c1-2-16-6-5-10(14)12(16)8-3-4-9(13)11(15)7-8/h3-7H,2H2,1H3. The Labute approximate surface area is 110 Å². The lowest BCUT2D eigenvalue weighted by Crippen LogP contribution is -1.95. The lowest BCUT2D eigenvalue weighted by Gasteiger charge is -2.08. The monoisotopic (exact) mass is 273 g/mol. The number of hydrogen-bond acceptors (Lipinski definition) is 0. The normalized spacial score (nSPS) is 10.8. The van der Waals surface area contributed by atoms with Crippen LogP contribution in [0.25, 0.3) is 11.3 Å². The van der Waals surface area contributed by atoms with E-state index in [9.17, 15) is 0 Å². The molecule has 0 radical (unpaired) electrons. The molecule has 0 unspecified atom stereocenters. The molecule has 1 aromatic carbocycles. The summed E-state index contributed by atoms with van der Waals surface area (Å²) < 4.78 is 2.07. The minimum absolute atomic E-state index is 0.541. The summed E-state index contributed by atoms with van der Waals surface area (Å²) in [6.07, 6.45) is 1.96. The average molecular weight is 275 g/mol. The fourth-order valence-electron chi connectivity index (χ4n) is 1.66. The minimum atomic E-state index is 0.541. The first-order valence-corrected chi connectivity index (χ1v) is 6.07. The maximum absolute atomic E-state index is 6.15. The Balaban J connectivity index is 2.57. The van der Waals surface area contributed by atoms with E-state index in [2.05, 4.69) is 11.5 Å². The summed E-state index contributed by atoms with van der Waals surface area (Å²) in [7, 11) is 0. The third kappa shape index (κ3) is 2.08. The zero-order valence-corrected chi connectivity index (χ0v) is 10.9. The minimum Gasteiger partial charge on any atom is -0.347 e. The molecule has 0 spiro atoms. The first-order chi connectivity index (χ1) is 7.63. The maximum Gasteiger partial charge on any atom is 0.0670 e. The zero-order valence-electron chi connectivity index (χ0n) is 8.67. The lowest BCUT2D eigenvalue weighted by atomic mass is 10.1. The zero-order chi connectivity index (χ0) is 11.7. The highest BCUT2D eigenvalue weighted by Crippen LogP contribution is 2.33. The quantitative estimate of drug-likeness (QED) is 0.715. The molecular weight excluding hydrogens is 264 g/mol. The van der Waals surface area contributed by atoms with Gasteiger partial charge in [0.15, 0.2) is 0 Å². The number of rotatable bonds is 2. The molecule has 0 amide bonds. The second kappa shape index (κ2) is 4.70. The summed E-state index contributed by atoms with van der Waals surface area (Å²) in [5.41, 5.74) is 1.95. The van der Waals surface area contributed by atoms with Gasteiger partial charge in [0.2, 0.25) is 0 Å². The summed E-state index contributed by atoms with van der Waals surface area (Å²) in [5, 5.41) is 1.82. The molecule has 1 heterocycles. The summed E-state index contributed by atoms with van der Waals surface area (Å²) in [5.74, 6) is 0. The highest BCUT2D eigenvalue weighted by molar-refractivity contribution is 6.42. The maximum atomic E-state index is 6.15. The predicted molar refractivity (Wildman–Crippen MR) is 70.6 cm³/mol. The second-order valence-corrected chi connectivity index (χ2v) is 4.65. The van der Waals surface area contributed by atoms with Crippen LogP contribution in [0.1, 0.15) is 6.92 Å². The molecule has 4 heteroatoms. The van der Waals surface area contributed by atoms with Crippen molar-refractivity contribution in [1.29, 1.82) is 0 Å². The van der Waals surface area contributed by atoms with Crippen LogP contribution in [0.15, 0.2) is 30.5 Å². The smallest absolute Gasteiger partial charge is 0.0670 e. The molecule has 0 N–H and O–H groups in total. The molecule has 0 atom stereocenters. The van der Waals surface area contributed by atoms with Crippen LogP contribution in [-0.4, -0.2) is 4.57 Å². The van der Waals surface area contributed by atoms with E-state index in [-0.39, 0.29) is 0 Å². The van der Waals surface area contributed by atoms with Gasteiger partial charge >= 0.3 is 0 Å². The Hall–Kier alpha value is -0.630. The fourth-order valence-corrected chi connectivity index (χ4v) is 2.23. The topological polar surface area (TPSA) is 4.93 Å². The van der Waals surface area contributed by atoms with Crippen LogP contribution < -0.4 is 0 Å². The van der Waals surface area contributed by atoms with Gasteiger partial charge < -0.3 is 4.57 Å². The van der Waals surface area contributed by atoms with Gasteiger partial charge in [-0.3, -0.25) is 0 Å². The van der Waals surface area contributed by atoms with Gasteiger partial charge in [-0.25, -0.2) is 0 Å². The molecule has 1 aromatic heterocycles. The van der Waals surface area contributed by atoms with Gasteiger partial charge in [0.1, 0.15) is 0 Å². The van der Waals surface area contributed by atoms with E-state index in [4.69, 9.17) is 34.8 Å². The van der Waals surface area contributed by atoms with Crippen LogP contribution in [0.2, 0.25) is 15.1 Å². The van der Waals surface area contributed by atoms with Gasteiger partial charge in [0.25, 0.3) is 0 Å². The molecule has 0 saturated carbocycles. The van der Waals surface area contributed by atoms with Gasteiger partial charge in [0.05, 0.1) is 20.8 Å². The van der Waals surface area contributed by atoms with Gasteiger partial charge in [0, 0.05) is 18.3 Å². The van der Waals surface area contributed by atoms with Crippen molar-refractivity contribution in [1.82, 2.24) is 4.57 Å². The number of halogens is 3. The van der Waals surface area contributed by atoms with E-state index in [0.29, 0.717) is 10.0 Å². The number of hydrogen-bond donors (Lipinski definition) is 0. The molecule has 1 nitrogen and oxygen atoms in total. The first-order valence-electron chi connectivity index (χ1n) is 4.93. The van der Waals surface area contributed by atoms with Crippen molar-refractivity contribution in [2.45, 2.75) is 13.5 Å². The summed E-state index contributed by atoms with van der Waals surface area (Å²) in [6.45, 7) is 2.93. The van der Waals surface area contributed by atoms with Crippen molar-refractivity contribution in [3.63, 3.8) is 0 Å². The molecule has 0 fully saturated rings. The second-order valence-electron chi connectivity index (χ2n) is 3.43. The predicted octanol–water partition coefficient (Wildman–Crippen LogP) is 5.14.